The molecule has 1 amide bonds. The molecule has 142 valence electrons. The fraction of sp³-hybridized carbons (Fsp3) is 0.500. The average molecular weight is 351 g/mol. The first kappa shape index (κ1) is 24.9. The van der Waals surface area contributed by atoms with Crippen LogP contribution in [0.2, 0.25) is 0 Å². The van der Waals surface area contributed by atoms with Crippen molar-refractivity contribution in [3.05, 3.63) is 48.9 Å². The van der Waals surface area contributed by atoms with Crippen LogP contribution in [-0.2, 0) is 14.3 Å². The minimum absolute atomic E-state index is 0. The lowest BCUT2D eigenvalue weighted by Crippen LogP contribution is -2.27. The zero-order valence-electron chi connectivity index (χ0n) is 14.0. The van der Waals surface area contributed by atoms with E-state index in [2.05, 4.69) is 12.7 Å². The Bertz CT molecular complexity index is 507. The number of rotatable bonds is 0. The number of allylic oxidation sites excluding steroid dienone is 2. The van der Waals surface area contributed by atoms with Gasteiger partial charge in [0.05, 0.1) is 6.61 Å². The molecule has 5 heteroatoms. The second kappa shape index (κ2) is 14.1. The van der Waals surface area contributed by atoms with Gasteiger partial charge in [-0.2, -0.15) is 0 Å². The third-order valence-electron chi connectivity index (χ3n) is 3.37. The van der Waals surface area contributed by atoms with Crippen molar-refractivity contribution in [1.29, 1.82) is 0 Å². The van der Waals surface area contributed by atoms with Crippen molar-refractivity contribution >= 4 is 11.7 Å². The largest absolute Gasteiger partial charge is 0.494 e. The molecule has 0 aromatic rings. The van der Waals surface area contributed by atoms with Crippen LogP contribution in [0.15, 0.2) is 48.9 Å². The molecule has 0 atom stereocenters. The SMILES string of the molecule is C.C.C=C1C=CCCO1.CN1C=CC(=O)CC1.CN1CCC=CC1=O. The molecule has 3 aliphatic heterocycles. The van der Waals surface area contributed by atoms with Crippen molar-refractivity contribution in [3.8, 4) is 0 Å². The van der Waals surface area contributed by atoms with E-state index in [1.165, 1.54) is 0 Å². The molecular weight excluding hydrogens is 316 g/mol. The molecule has 3 rings (SSSR count). The molecule has 0 unspecified atom stereocenters. The van der Waals surface area contributed by atoms with Gasteiger partial charge in [-0.05, 0) is 31.1 Å². The van der Waals surface area contributed by atoms with Gasteiger partial charge >= 0.3 is 0 Å². The highest BCUT2D eigenvalue weighted by molar-refractivity contribution is 5.90. The van der Waals surface area contributed by atoms with Crippen LogP contribution in [0, 0.1) is 0 Å². The van der Waals surface area contributed by atoms with E-state index in [0.717, 1.165) is 38.3 Å². The number of ether oxygens (including phenoxy) is 1. The van der Waals surface area contributed by atoms with E-state index >= 15 is 0 Å². The summed E-state index contributed by atoms with van der Waals surface area (Å²) < 4.78 is 5.00. The van der Waals surface area contributed by atoms with Gasteiger partial charge in [-0.3, -0.25) is 9.59 Å². The third-order valence-corrected chi connectivity index (χ3v) is 3.37. The van der Waals surface area contributed by atoms with Crippen molar-refractivity contribution in [3.63, 3.8) is 0 Å². The van der Waals surface area contributed by atoms with Crippen molar-refractivity contribution in [2.24, 2.45) is 0 Å². The molecule has 0 aromatic heterocycles. The zero-order chi connectivity index (χ0) is 17.1. The summed E-state index contributed by atoms with van der Waals surface area (Å²) in [5.41, 5.74) is 0. The lowest BCUT2D eigenvalue weighted by molar-refractivity contribution is -0.125. The molecule has 0 aromatic carbocycles. The molecule has 0 aliphatic carbocycles. The number of nitrogens with zero attached hydrogens (tertiary/aromatic N) is 2. The summed E-state index contributed by atoms with van der Waals surface area (Å²) in [5.74, 6) is 1.14. The molecule has 0 spiro atoms. The summed E-state index contributed by atoms with van der Waals surface area (Å²) in [5, 5.41) is 0. The van der Waals surface area contributed by atoms with E-state index in [4.69, 9.17) is 4.74 Å². The maximum Gasteiger partial charge on any atom is 0.245 e. The van der Waals surface area contributed by atoms with E-state index < -0.39 is 0 Å². The van der Waals surface area contributed by atoms with Crippen LogP contribution in [0.25, 0.3) is 0 Å². The molecule has 0 radical (unpaired) electrons. The van der Waals surface area contributed by atoms with Gasteiger partial charge < -0.3 is 14.5 Å². The Balaban J connectivity index is 0. The van der Waals surface area contributed by atoms with Crippen LogP contribution in [0.4, 0.5) is 0 Å². The van der Waals surface area contributed by atoms with Crippen LogP contribution in [0.1, 0.15) is 34.1 Å². The molecule has 0 fully saturated rings. The van der Waals surface area contributed by atoms with E-state index in [1.807, 2.05) is 37.3 Å². The van der Waals surface area contributed by atoms with Gasteiger partial charge in [-0.15, -0.1) is 0 Å². The van der Waals surface area contributed by atoms with Gasteiger partial charge in [0.1, 0.15) is 5.76 Å². The number of carbonyl (C=O) groups is 2. The predicted molar refractivity (Wildman–Crippen MR) is 105 cm³/mol. The van der Waals surface area contributed by atoms with Gasteiger partial charge in [0.25, 0.3) is 0 Å². The highest BCUT2D eigenvalue weighted by Gasteiger charge is 2.06. The molecule has 3 aliphatic rings. The molecule has 0 saturated carbocycles. The van der Waals surface area contributed by atoms with Crippen molar-refractivity contribution < 1.29 is 14.3 Å². The first-order valence-corrected chi connectivity index (χ1v) is 7.80. The summed E-state index contributed by atoms with van der Waals surface area (Å²) >= 11 is 0. The number of likely N-dealkylation sites (N-methyl/N-ethyl adjacent to an activating group) is 1. The van der Waals surface area contributed by atoms with Crippen molar-refractivity contribution in [2.45, 2.75) is 34.1 Å². The Morgan fingerprint density at radius 3 is 2.00 bits per heavy atom. The molecule has 0 N–H and O–H groups in total. The smallest absolute Gasteiger partial charge is 0.245 e. The van der Waals surface area contributed by atoms with E-state index in [1.54, 1.807) is 17.1 Å². The Labute approximate surface area is 153 Å². The molecule has 25 heavy (non-hydrogen) atoms. The van der Waals surface area contributed by atoms with Gasteiger partial charge in [-0.1, -0.05) is 33.6 Å². The number of amides is 1. The molecule has 3 heterocycles. The Hall–Kier alpha value is -2.30. The van der Waals surface area contributed by atoms with Crippen LogP contribution in [0.5, 0.6) is 0 Å². The predicted octanol–water partition coefficient (Wildman–Crippen LogP) is 3.56. The molecule has 0 bridgehead atoms. The molecule has 5 nitrogen and oxygen atoms in total. The number of hydrogen-bond acceptors (Lipinski definition) is 4. The summed E-state index contributed by atoms with van der Waals surface area (Å²) in [4.78, 5) is 24.8. The van der Waals surface area contributed by atoms with Crippen LogP contribution >= 0.6 is 0 Å². The minimum atomic E-state index is 0. The maximum absolute atomic E-state index is 10.6. The minimum Gasteiger partial charge on any atom is -0.494 e. The Kier molecular flexibility index (Phi) is 14.0. The number of hydrogen-bond donors (Lipinski definition) is 0. The van der Waals surface area contributed by atoms with Crippen LogP contribution in [-0.4, -0.2) is 55.3 Å². The number of carbonyl (C=O) groups excluding carboxylic acids is 2. The normalized spacial score (nSPS) is 17.9. The Morgan fingerprint density at radius 1 is 1.00 bits per heavy atom. The van der Waals surface area contributed by atoms with Crippen molar-refractivity contribution in [1.82, 2.24) is 9.80 Å². The number of ketones is 1. The summed E-state index contributed by atoms with van der Waals surface area (Å²) in [6.45, 7) is 6.15. The highest BCUT2D eigenvalue weighted by atomic mass is 16.5. The fourth-order valence-corrected chi connectivity index (χ4v) is 1.87. The second-order valence-electron chi connectivity index (χ2n) is 5.47. The summed E-state index contributed by atoms with van der Waals surface area (Å²) in [6, 6.07) is 0. The standard InChI is InChI=1S/2C6H9NO.C6H8O.2CH4/c1-7-4-2-6(8)3-5-7;1-7-5-3-2-4-6(7)8;1-6-4-2-3-5-7-6;;/h2*2,4H,3,5H2,1H3;2,4H,1,3,5H2;2*1H4. The summed E-state index contributed by atoms with van der Waals surface area (Å²) in [6.07, 6.45) is 13.6. The van der Waals surface area contributed by atoms with E-state index in [9.17, 15) is 9.59 Å². The quantitative estimate of drug-likeness (QED) is 0.670. The molecule has 0 saturated heterocycles. The maximum atomic E-state index is 10.6. The zero-order valence-corrected chi connectivity index (χ0v) is 14.0. The first-order chi connectivity index (χ1) is 11.0. The topological polar surface area (TPSA) is 49.9 Å². The van der Waals surface area contributed by atoms with Gasteiger partial charge in [0.2, 0.25) is 5.91 Å². The van der Waals surface area contributed by atoms with Crippen molar-refractivity contribution in [2.75, 3.05) is 33.8 Å². The highest BCUT2D eigenvalue weighted by Crippen LogP contribution is 2.03. The average Bonchev–Trinajstić information content (AvgIpc) is 2.55. The van der Waals surface area contributed by atoms with Gasteiger partial charge in [-0.25, -0.2) is 0 Å². The van der Waals surface area contributed by atoms with Gasteiger partial charge in [0.15, 0.2) is 5.78 Å². The fourth-order valence-electron chi connectivity index (χ4n) is 1.87. The Morgan fingerprint density at radius 2 is 1.68 bits per heavy atom. The van der Waals surface area contributed by atoms with E-state index in [-0.39, 0.29) is 26.5 Å². The van der Waals surface area contributed by atoms with Crippen LogP contribution < -0.4 is 0 Å². The summed E-state index contributed by atoms with van der Waals surface area (Å²) in [7, 11) is 3.77. The second-order valence-corrected chi connectivity index (χ2v) is 5.47. The molecular formula is C20H34N2O3. The monoisotopic (exact) mass is 350 g/mol. The lowest BCUT2D eigenvalue weighted by Gasteiger charge is -2.16. The third kappa shape index (κ3) is 11.8. The van der Waals surface area contributed by atoms with E-state index in [0.29, 0.717) is 6.42 Å². The van der Waals surface area contributed by atoms with Gasteiger partial charge in [0, 0.05) is 39.8 Å². The van der Waals surface area contributed by atoms with Crippen LogP contribution in [0.3, 0.4) is 0 Å². The first-order valence-electron chi connectivity index (χ1n) is 7.80. The lowest BCUT2D eigenvalue weighted by atomic mass is 10.2.